The zero-order valence-electron chi connectivity index (χ0n) is 14.3. The summed E-state index contributed by atoms with van der Waals surface area (Å²) in [5.41, 5.74) is 3.03. The zero-order chi connectivity index (χ0) is 18.5. The predicted molar refractivity (Wildman–Crippen MR) is 95.0 cm³/mol. The predicted octanol–water partition coefficient (Wildman–Crippen LogP) is 3.60. The normalized spacial score (nSPS) is 13.0. The molecule has 0 saturated heterocycles. The standard InChI is InChI=1S/C20H20F2N2O2/c21-14-8-9-16(17(22)12-14)20(26)23-11-10-19(25)24-18-7-3-5-13-4-1-2-6-15(13)18/h3,5,7-9,12H,1-2,4,6,10-11H2,(H,23,26)(H,24,25). The fourth-order valence-electron chi connectivity index (χ4n) is 3.17. The van der Waals surface area contributed by atoms with E-state index in [9.17, 15) is 18.4 Å². The van der Waals surface area contributed by atoms with E-state index in [4.69, 9.17) is 0 Å². The fourth-order valence-corrected chi connectivity index (χ4v) is 3.17. The van der Waals surface area contributed by atoms with E-state index in [1.54, 1.807) is 0 Å². The van der Waals surface area contributed by atoms with E-state index in [1.807, 2.05) is 12.1 Å². The van der Waals surface area contributed by atoms with Crippen LogP contribution in [0.15, 0.2) is 36.4 Å². The van der Waals surface area contributed by atoms with E-state index in [1.165, 1.54) is 11.1 Å². The fraction of sp³-hybridized carbons (Fsp3) is 0.300. The van der Waals surface area contributed by atoms with Crippen LogP contribution in [0.5, 0.6) is 0 Å². The van der Waals surface area contributed by atoms with Gasteiger partial charge >= 0.3 is 0 Å². The van der Waals surface area contributed by atoms with Crippen LogP contribution in [0.2, 0.25) is 0 Å². The van der Waals surface area contributed by atoms with Crippen LogP contribution in [-0.4, -0.2) is 18.4 Å². The van der Waals surface area contributed by atoms with Crippen molar-refractivity contribution in [1.29, 1.82) is 0 Å². The van der Waals surface area contributed by atoms with Crippen LogP contribution in [0.1, 0.15) is 40.7 Å². The molecule has 3 rings (SSSR count). The number of nitrogens with one attached hydrogen (secondary N) is 2. The lowest BCUT2D eigenvalue weighted by Gasteiger charge is -2.19. The molecule has 0 aromatic heterocycles. The van der Waals surface area contributed by atoms with E-state index in [2.05, 4.69) is 16.7 Å². The molecule has 2 aromatic carbocycles. The number of fused-ring (bicyclic) bond motifs is 1. The second-order valence-corrected chi connectivity index (χ2v) is 6.33. The number of anilines is 1. The summed E-state index contributed by atoms with van der Waals surface area (Å²) < 4.78 is 26.4. The molecule has 0 bridgehead atoms. The van der Waals surface area contributed by atoms with Gasteiger partial charge in [0.2, 0.25) is 5.91 Å². The third-order valence-electron chi connectivity index (χ3n) is 4.48. The Kier molecular flexibility index (Phi) is 5.61. The first-order valence-corrected chi connectivity index (χ1v) is 8.68. The smallest absolute Gasteiger partial charge is 0.254 e. The molecule has 2 N–H and O–H groups in total. The SMILES string of the molecule is O=C(CCNC(=O)c1ccc(F)cc1F)Nc1cccc2c1CCCC2. The van der Waals surface area contributed by atoms with Gasteiger partial charge in [0.25, 0.3) is 5.91 Å². The van der Waals surface area contributed by atoms with Crippen molar-refractivity contribution in [1.82, 2.24) is 5.32 Å². The number of hydrogen-bond donors (Lipinski definition) is 2. The monoisotopic (exact) mass is 358 g/mol. The van der Waals surface area contributed by atoms with E-state index in [0.717, 1.165) is 43.5 Å². The molecular formula is C20H20F2N2O2. The first-order chi connectivity index (χ1) is 12.5. The van der Waals surface area contributed by atoms with Gasteiger partial charge in [0.15, 0.2) is 0 Å². The van der Waals surface area contributed by atoms with E-state index in [-0.39, 0.29) is 24.4 Å². The molecule has 1 aliphatic rings. The van der Waals surface area contributed by atoms with Crippen molar-refractivity contribution >= 4 is 17.5 Å². The highest BCUT2D eigenvalue weighted by atomic mass is 19.1. The maximum atomic E-state index is 13.6. The van der Waals surface area contributed by atoms with Gasteiger partial charge in [-0.1, -0.05) is 12.1 Å². The lowest BCUT2D eigenvalue weighted by atomic mass is 9.90. The summed E-state index contributed by atoms with van der Waals surface area (Å²) in [6, 6.07) is 8.65. The Balaban J connectivity index is 1.53. The van der Waals surface area contributed by atoms with Gasteiger partial charge in [0.05, 0.1) is 5.56 Å². The molecule has 26 heavy (non-hydrogen) atoms. The number of benzene rings is 2. The Hall–Kier alpha value is -2.76. The molecule has 0 unspecified atom stereocenters. The third kappa shape index (κ3) is 4.25. The highest BCUT2D eigenvalue weighted by molar-refractivity contribution is 5.95. The summed E-state index contributed by atoms with van der Waals surface area (Å²) in [5, 5.41) is 5.36. The van der Waals surface area contributed by atoms with Crippen molar-refractivity contribution in [2.24, 2.45) is 0 Å². The number of hydrogen-bond acceptors (Lipinski definition) is 2. The van der Waals surface area contributed by atoms with E-state index in [0.29, 0.717) is 6.07 Å². The first-order valence-electron chi connectivity index (χ1n) is 8.68. The molecule has 1 aliphatic carbocycles. The molecule has 0 aliphatic heterocycles. The maximum Gasteiger partial charge on any atom is 0.254 e. The molecule has 0 spiro atoms. The molecule has 136 valence electrons. The van der Waals surface area contributed by atoms with Crippen LogP contribution in [0.25, 0.3) is 0 Å². The quantitative estimate of drug-likeness (QED) is 0.858. The lowest BCUT2D eigenvalue weighted by Crippen LogP contribution is -2.28. The molecular weight excluding hydrogens is 338 g/mol. The molecule has 0 atom stereocenters. The van der Waals surface area contributed by atoms with Gasteiger partial charge in [0, 0.05) is 24.7 Å². The van der Waals surface area contributed by atoms with Gasteiger partial charge in [-0.25, -0.2) is 8.78 Å². The van der Waals surface area contributed by atoms with Crippen LogP contribution >= 0.6 is 0 Å². The topological polar surface area (TPSA) is 58.2 Å². The number of amides is 2. The van der Waals surface area contributed by atoms with Crippen LogP contribution in [-0.2, 0) is 17.6 Å². The highest BCUT2D eigenvalue weighted by Gasteiger charge is 2.15. The third-order valence-corrected chi connectivity index (χ3v) is 4.48. The second kappa shape index (κ2) is 8.08. The van der Waals surface area contributed by atoms with Gasteiger partial charge in [-0.3, -0.25) is 9.59 Å². The van der Waals surface area contributed by atoms with Crippen LogP contribution < -0.4 is 10.6 Å². The second-order valence-electron chi connectivity index (χ2n) is 6.33. The zero-order valence-corrected chi connectivity index (χ0v) is 14.3. The highest BCUT2D eigenvalue weighted by Crippen LogP contribution is 2.27. The van der Waals surface area contributed by atoms with Crippen molar-refractivity contribution in [2.45, 2.75) is 32.1 Å². The van der Waals surface area contributed by atoms with E-state index >= 15 is 0 Å². The number of rotatable bonds is 5. The molecule has 4 nitrogen and oxygen atoms in total. The molecule has 2 amide bonds. The summed E-state index contributed by atoms with van der Waals surface area (Å²) in [4.78, 5) is 24.0. The minimum Gasteiger partial charge on any atom is -0.351 e. The van der Waals surface area contributed by atoms with Crippen LogP contribution in [0, 0.1) is 11.6 Å². The summed E-state index contributed by atoms with van der Waals surface area (Å²) in [7, 11) is 0. The minimum atomic E-state index is -0.928. The molecule has 6 heteroatoms. The molecule has 0 heterocycles. The Morgan fingerprint density at radius 2 is 1.85 bits per heavy atom. The van der Waals surface area contributed by atoms with Gasteiger partial charge in [-0.2, -0.15) is 0 Å². The van der Waals surface area contributed by atoms with Gasteiger partial charge in [-0.15, -0.1) is 0 Å². The van der Waals surface area contributed by atoms with Crippen molar-refractivity contribution < 1.29 is 18.4 Å². The number of carbonyl (C=O) groups is 2. The Morgan fingerprint density at radius 3 is 2.65 bits per heavy atom. The van der Waals surface area contributed by atoms with Gasteiger partial charge in [-0.05, 0) is 55.0 Å². The van der Waals surface area contributed by atoms with Crippen molar-refractivity contribution in [3.63, 3.8) is 0 Å². The van der Waals surface area contributed by atoms with Crippen LogP contribution in [0.3, 0.4) is 0 Å². The first kappa shape index (κ1) is 18.0. The number of carbonyl (C=O) groups excluding carboxylic acids is 2. The van der Waals surface area contributed by atoms with Gasteiger partial charge < -0.3 is 10.6 Å². The van der Waals surface area contributed by atoms with Crippen molar-refractivity contribution in [2.75, 3.05) is 11.9 Å². The van der Waals surface area contributed by atoms with Crippen LogP contribution in [0.4, 0.5) is 14.5 Å². The van der Waals surface area contributed by atoms with Gasteiger partial charge in [0.1, 0.15) is 11.6 Å². The molecule has 0 radical (unpaired) electrons. The Bertz CT molecular complexity index is 837. The average molecular weight is 358 g/mol. The molecule has 0 fully saturated rings. The van der Waals surface area contributed by atoms with Crippen molar-refractivity contribution in [3.8, 4) is 0 Å². The Labute approximate surface area is 150 Å². The largest absolute Gasteiger partial charge is 0.351 e. The van der Waals surface area contributed by atoms with E-state index < -0.39 is 17.5 Å². The number of aryl methyl sites for hydroxylation is 1. The molecule has 2 aromatic rings. The lowest BCUT2D eigenvalue weighted by molar-refractivity contribution is -0.116. The summed E-state index contributed by atoms with van der Waals surface area (Å²) in [5.74, 6) is -2.57. The summed E-state index contributed by atoms with van der Waals surface area (Å²) >= 11 is 0. The average Bonchev–Trinajstić information content (AvgIpc) is 2.62. The minimum absolute atomic E-state index is 0.0660. The number of halogens is 2. The summed E-state index contributed by atoms with van der Waals surface area (Å²) in [6.07, 6.45) is 4.32. The van der Waals surface area contributed by atoms with Crippen molar-refractivity contribution in [3.05, 3.63) is 64.7 Å². The Morgan fingerprint density at radius 1 is 1.04 bits per heavy atom. The summed E-state index contributed by atoms with van der Waals surface area (Å²) in [6.45, 7) is 0.0660. The maximum absolute atomic E-state index is 13.6. The molecule has 0 saturated carbocycles.